The number of rotatable bonds is 2. The number of fused-ring (bicyclic) bond motifs is 1. The Morgan fingerprint density at radius 3 is 2.82 bits per heavy atom. The second-order valence-electron chi connectivity index (χ2n) is 5.02. The molecule has 3 rings (SSSR count). The molecule has 0 unspecified atom stereocenters. The van der Waals surface area contributed by atoms with Crippen molar-refractivity contribution in [3.8, 4) is 0 Å². The number of aromatic nitrogens is 2. The number of nitrogens with zero attached hydrogens (tertiary/aromatic N) is 1. The fourth-order valence-electron chi connectivity index (χ4n) is 2.23. The number of aromatic amines is 1. The van der Waals surface area contributed by atoms with Crippen LogP contribution in [0.5, 0.6) is 0 Å². The van der Waals surface area contributed by atoms with Crippen LogP contribution in [-0.2, 0) is 12.0 Å². The van der Waals surface area contributed by atoms with Crippen molar-refractivity contribution in [1.82, 2.24) is 10.2 Å². The zero-order chi connectivity index (χ0) is 12.0. The SMILES string of the molecule is CC1(c2ccc3c(=O)[nH]nc(CN)c3c2)CC1. The molecule has 3 N–H and O–H groups in total. The summed E-state index contributed by atoms with van der Waals surface area (Å²) in [5.41, 5.74) is 7.84. The van der Waals surface area contributed by atoms with Crippen LogP contribution in [0.2, 0.25) is 0 Å². The number of nitrogens with two attached hydrogens (primary N) is 1. The van der Waals surface area contributed by atoms with Crippen LogP contribution in [0.4, 0.5) is 0 Å². The van der Waals surface area contributed by atoms with Gasteiger partial charge in [-0.25, -0.2) is 5.10 Å². The first-order valence-corrected chi connectivity index (χ1v) is 5.86. The molecule has 1 aliphatic rings. The third-order valence-electron chi connectivity index (χ3n) is 3.76. The summed E-state index contributed by atoms with van der Waals surface area (Å²) in [6.07, 6.45) is 2.43. The zero-order valence-corrected chi connectivity index (χ0v) is 9.79. The van der Waals surface area contributed by atoms with Gasteiger partial charge in [-0.3, -0.25) is 4.79 Å². The van der Waals surface area contributed by atoms with E-state index < -0.39 is 0 Å². The first-order valence-electron chi connectivity index (χ1n) is 5.86. The van der Waals surface area contributed by atoms with Crippen molar-refractivity contribution in [3.05, 3.63) is 39.8 Å². The summed E-state index contributed by atoms with van der Waals surface area (Å²) < 4.78 is 0. The molecule has 0 aliphatic heterocycles. The van der Waals surface area contributed by atoms with E-state index in [1.807, 2.05) is 12.1 Å². The average molecular weight is 229 g/mol. The topological polar surface area (TPSA) is 71.8 Å². The number of hydrogen-bond donors (Lipinski definition) is 2. The fourth-order valence-corrected chi connectivity index (χ4v) is 2.23. The van der Waals surface area contributed by atoms with Gasteiger partial charge in [0.25, 0.3) is 5.56 Å². The van der Waals surface area contributed by atoms with E-state index in [-0.39, 0.29) is 5.56 Å². The van der Waals surface area contributed by atoms with Gasteiger partial charge in [-0.2, -0.15) is 5.10 Å². The predicted molar refractivity (Wildman–Crippen MR) is 66.8 cm³/mol. The molecule has 0 atom stereocenters. The number of nitrogens with one attached hydrogen (secondary N) is 1. The minimum Gasteiger partial charge on any atom is -0.325 e. The van der Waals surface area contributed by atoms with Crippen molar-refractivity contribution in [1.29, 1.82) is 0 Å². The molecule has 88 valence electrons. The number of hydrogen-bond acceptors (Lipinski definition) is 3. The molecule has 0 amide bonds. The van der Waals surface area contributed by atoms with E-state index in [4.69, 9.17) is 5.73 Å². The van der Waals surface area contributed by atoms with E-state index in [1.165, 1.54) is 18.4 Å². The molecule has 1 aliphatic carbocycles. The second kappa shape index (κ2) is 3.40. The molecule has 4 heteroatoms. The Labute approximate surface area is 98.8 Å². The van der Waals surface area contributed by atoms with E-state index in [0.29, 0.717) is 17.3 Å². The summed E-state index contributed by atoms with van der Waals surface area (Å²) in [6.45, 7) is 2.59. The van der Waals surface area contributed by atoms with Crippen molar-refractivity contribution in [2.45, 2.75) is 31.7 Å². The third kappa shape index (κ3) is 1.56. The summed E-state index contributed by atoms with van der Waals surface area (Å²) in [4.78, 5) is 11.7. The lowest BCUT2D eigenvalue weighted by molar-refractivity contribution is 0.788. The fraction of sp³-hybridized carbons (Fsp3) is 0.385. The van der Waals surface area contributed by atoms with Crippen molar-refractivity contribution in [3.63, 3.8) is 0 Å². The monoisotopic (exact) mass is 229 g/mol. The molecular formula is C13H15N3O. The maximum absolute atomic E-state index is 11.7. The Morgan fingerprint density at radius 1 is 1.41 bits per heavy atom. The van der Waals surface area contributed by atoms with Gasteiger partial charge in [0.15, 0.2) is 0 Å². The standard InChI is InChI=1S/C13H15N3O/c1-13(4-5-13)8-2-3-9-10(6-8)11(7-14)15-16-12(9)17/h2-3,6H,4-5,7,14H2,1H3,(H,16,17). The van der Waals surface area contributed by atoms with Crippen molar-refractivity contribution in [2.75, 3.05) is 0 Å². The second-order valence-corrected chi connectivity index (χ2v) is 5.02. The van der Waals surface area contributed by atoms with Crippen LogP contribution < -0.4 is 11.3 Å². The molecule has 0 radical (unpaired) electrons. The van der Waals surface area contributed by atoms with Crippen molar-refractivity contribution in [2.24, 2.45) is 5.73 Å². The summed E-state index contributed by atoms with van der Waals surface area (Å²) in [5, 5.41) is 8.05. The highest BCUT2D eigenvalue weighted by molar-refractivity contribution is 5.84. The highest BCUT2D eigenvalue weighted by atomic mass is 16.1. The molecule has 0 spiro atoms. The normalized spacial score (nSPS) is 17.3. The Balaban J connectivity index is 2.30. The van der Waals surface area contributed by atoms with Gasteiger partial charge in [0, 0.05) is 11.9 Å². The average Bonchev–Trinajstić information content (AvgIpc) is 3.09. The van der Waals surface area contributed by atoms with Crippen LogP contribution in [0.3, 0.4) is 0 Å². The smallest absolute Gasteiger partial charge is 0.272 e. The molecule has 4 nitrogen and oxygen atoms in total. The van der Waals surface area contributed by atoms with Gasteiger partial charge in [-0.05, 0) is 36.0 Å². The van der Waals surface area contributed by atoms with Crippen molar-refractivity contribution < 1.29 is 0 Å². The van der Waals surface area contributed by atoms with E-state index >= 15 is 0 Å². The maximum Gasteiger partial charge on any atom is 0.272 e. The lowest BCUT2D eigenvalue weighted by Crippen LogP contribution is -2.14. The van der Waals surface area contributed by atoms with Crippen LogP contribution >= 0.6 is 0 Å². The third-order valence-corrected chi connectivity index (χ3v) is 3.76. The van der Waals surface area contributed by atoms with Crippen LogP contribution in [-0.4, -0.2) is 10.2 Å². The molecule has 1 aromatic carbocycles. The highest BCUT2D eigenvalue weighted by Crippen LogP contribution is 2.47. The zero-order valence-electron chi connectivity index (χ0n) is 9.79. The maximum atomic E-state index is 11.7. The first kappa shape index (κ1) is 10.5. The molecule has 1 heterocycles. The quantitative estimate of drug-likeness (QED) is 0.818. The highest BCUT2D eigenvalue weighted by Gasteiger charge is 2.39. The Morgan fingerprint density at radius 2 is 2.18 bits per heavy atom. The lowest BCUT2D eigenvalue weighted by atomic mass is 9.95. The van der Waals surface area contributed by atoms with Crippen LogP contribution in [0, 0.1) is 0 Å². The molecule has 1 saturated carbocycles. The Bertz CT molecular complexity index is 641. The number of benzene rings is 1. The molecular weight excluding hydrogens is 214 g/mol. The van der Waals surface area contributed by atoms with Gasteiger partial charge in [0.05, 0.1) is 11.1 Å². The summed E-state index contributed by atoms with van der Waals surface area (Å²) in [6, 6.07) is 6.01. The lowest BCUT2D eigenvalue weighted by Gasteiger charge is -2.10. The van der Waals surface area contributed by atoms with Gasteiger partial charge in [-0.1, -0.05) is 13.0 Å². The van der Waals surface area contributed by atoms with E-state index in [0.717, 1.165) is 11.1 Å². The van der Waals surface area contributed by atoms with Crippen LogP contribution in [0.1, 0.15) is 31.0 Å². The van der Waals surface area contributed by atoms with E-state index in [9.17, 15) is 4.79 Å². The van der Waals surface area contributed by atoms with Crippen LogP contribution in [0.25, 0.3) is 10.8 Å². The molecule has 17 heavy (non-hydrogen) atoms. The molecule has 0 bridgehead atoms. The first-order chi connectivity index (χ1) is 8.14. The van der Waals surface area contributed by atoms with Crippen LogP contribution in [0.15, 0.2) is 23.0 Å². The van der Waals surface area contributed by atoms with Gasteiger partial charge < -0.3 is 5.73 Å². The largest absolute Gasteiger partial charge is 0.325 e. The van der Waals surface area contributed by atoms with Gasteiger partial charge >= 0.3 is 0 Å². The summed E-state index contributed by atoms with van der Waals surface area (Å²) in [5.74, 6) is 0. The van der Waals surface area contributed by atoms with E-state index in [1.54, 1.807) is 0 Å². The molecule has 2 aromatic rings. The molecule has 1 aromatic heterocycles. The molecule has 0 saturated heterocycles. The minimum atomic E-state index is -0.148. The van der Waals surface area contributed by atoms with Gasteiger partial charge in [0.1, 0.15) is 0 Å². The Hall–Kier alpha value is -1.68. The number of H-pyrrole nitrogens is 1. The van der Waals surface area contributed by atoms with E-state index in [2.05, 4.69) is 23.2 Å². The van der Waals surface area contributed by atoms with Gasteiger partial charge in [0.2, 0.25) is 0 Å². The minimum absolute atomic E-state index is 0.148. The summed E-state index contributed by atoms with van der Waals surface area (Å²) >= 11 is 0. The van der Waals surface area contributed by atoms with Gasteiger partial charge in [-0.15, -0.1) is 0 Å². The Kier molecular flexibility index (Phi) is 2.10. The predicted octanol–water partition coefficient (Wildman–Crippen LogP) is 1.43. The van der Waals surface area contributed by atoms with Crippen molar-refractivity contribution >= 4 is 10.8 Å². The molecule has 1 fully saturated rings. The summed E-state index contributed by atoms with van der Waals surface area (Å²) in [7, 11) is 0.